The number of rotatable bonds is 5. The van der Waals surface area contributed by atoms with E-state index >= 15 is 0 Å². The van der Waals surface area contributed by atoms with Crippen LogP contribution >= 0.6 is 0 Å². The van der Waals surface area contributed by atoms with Gasteiger partial charge in [-0.25, -0.2) is 0 Å². The van der Waals surface area contributed by atoms with Crippen molar-refractivity contribution in [1.82, 2.24) is 10.6 Å². The van der Waals surface area contributed by atoms with Crippen LogP contribution in [-0.2, 0) is 11.3 Å². The van der Waals surface area contributed by atoms with Crippen LogP contribution in [0.3, 0.4) is 0 Å². The Kier molecular flexibility index (Phi) is 4.46. The molecule has 2 aliphatic rings. The van der Waals surface area contributed by atoms with Gasteiger partial charge in [0, 0.05) is 25.6 Å². The van der Waals surface area contributed by atoms with Crippen molar-refractivity contribution in [3.05, 3.63) is 35.4 Å². The summed E-state index contributed by atoms with van der Waals surface area (Å²) in [7, 11) is 1.62. The summed E-state index contributed by atoms with van der Waals surface area (Å²) in [6.45, 7) is 0.535. The molecule has 4 heteroatoms. The summed E-state index contributed by atoms with van der Waals surface area (Å²) in [6.07, 6.45) is 5.97. The molecule has 1 aromatic rings. The zero-order valence-corrected chi connectivity index (χ0v) is 13.1. The smallest absolute Gasteiger partial charge is 0.251 e. The number of hydrogen-bond donors (Lipinski definition) is 2. The minimum Gasteiger partial charge on any atom is -0.355 e. The van der Waals surface area contributed by atoms with E-state index in [9.17, 15) is 9.59 Å². The maximum Gasteiger partial charge on any atom is 0.251 e. The van der Waals surface area contributed by atoms with Gasteiger partial charge >= 0.3 is 0 Å². The Morgan fingerprint density at radius 3 is 2.50 bits per heavy atom. The van der Waals surface area contributed by atoms with Gasteiger partial charge in [-0.15, -0.1) is 0 Å². The van der Waals surface area contributed by atoms with Crippen LogP contribution in [0.5, 0.6) is 0 Å². The number of fused-ring (bicyclic) bond motifs is 2. The summed E-state index contributed by atoms with van der Waals surface area (Å²) >= 11 is 0. The third-order valence-electron chi connectivity index (χ3n) is 5.26. The average Bonchev–Trinajstić information content (AvgIpc) is 3.15. The Morgan fingerprint density at radius 2 is 1.91 bits per heavy atom. The fourth-order valence-corrected chi connectivity index (χ4v) is 4.06. The molecule has 1 aromatic carbocycles. The molecule has 2 bridgehead atoms. The first-order valence-corrected chi connectivity index (χ1v) is 8.23. The fraction of sp³-hybridized carbons (Fsp3) is 0.556. The number of carbonyl (C=O) groups excluding carboxylic acids is 2. The topological polar surface area (TPSA) is 58.2 Å². The molecular formula is C18H24N2O2. The maximum atomic E-state index is 12.1. The lowest BCUT2D eigenvalue weighted by Gasteiger charge is -2.20. The first kappa shape index (κ1) is 15.1. The van der Waals surface area contributed by atoms with Crippen molar-refractivity contribution in [3.63, 3.8) is 0 Å². The fourth-order valence-electron chi connectivity index (χ4n) is 4.06. The summed E-state index contributed by atoms with van der Waals surface area (Å²) in [5, 5.41) is 5.60. The van der Waals surface area contributed by atoms with Crippen LogP contribution in [0.4, 0.5) is 0 Å². The number of hydrogen-bond acceptors (Lipinski definition) is 2. The summed E-state index contributed by atoms with van der Waals surface area (Å²) in [6, 6.07) is 7.36. The summed E-state index contributed by atoms with van der Waals surface area (Å²) < 4.78 is 0. The second kappa shape index (κ2) is 6.51. The molecule has 22 heavy (non-hydrogen) atoms. The van der Waals surface area contributed by atoms with Crippen molar-refractivity contribution in [2.45, 2.75) is 38.6 Å². The van der Waals surface area contributed by atoms with Crippen molar-refractivity contribution >= 4 is 11.8 Å². The van der Waals surface area contributed by atoms with Crippen LogP contribution in [0.2, 0.25) is 0 Å². The molecule has 118 valence electrons. The molecule has 0 saturated heterocycles. The van der Waals surface area contributed by atoms with Gasteiger partial charge in [0.15, 0.2) is 0 Å². The normalized spacial score (nSPS) is 26.0. The van der Waals surface area contributed by atoms with Gasteiger partial charge in [-0.2, -0.15) is 0 Å². The van der Waals surface area contributed by atoms with Gasteiger partial charge in [0.1, 0.15) is 0 Å². The molecule has 2 N–H and O–H groups in total. The predicted octanol–water partition coefficient (Wildman–Crippen LogP) is 2.49. The van der Waals surface area contributed by atoms with E-state index in [-0.39, 0.29) is 11.8 Å². The highest BCUT2D eigenvalue weighted by atomic mass is 16.2. The molecule has 0 aliphatic heterocycles. The van der Waals surface area contributed by atoms with Crippen molar-refractivity contribution in [3.8, 4) is 0 Å². The molecule has 0 spiro atoms. The largest absolute Gasteiger partial charge is 0.355 e. The molecule has 0 heterocycles. The third kappa shape index (κ3) is 3.32. The van der Waals surface area contributed by atoms with Crippen molar-refractivity contribution < 1.29 is 9.59 Å². The van der Waals surface area contributed by atoms with E-state index in [4.69, 9.17) is 0 Å². The van der Waals surface area contributed by atoms with Gasteiger partial charge < -0.3 is 10.6 Å². The van der Waals surface area contributed by atoms with Crippen LogP contribution in [0.25, 0.3) is 0 Å². The average molecular weight is 300 g/mol. The summed E-state index contributed by atoms with van der Waals surface area (Å²) in [5.41, 5.74) is 1.66. The highest BCUT2D eigenvalue weighted by Gasteiger charge is 2.39. The highest BCUT2D eigenvalue weighted by molar-refractivity contribution is 5.93. The third-order valence-corrected chi connectivity index (χ3v) is 5.26. The lowest BCUT2D eigenvalue weighted by Crippen LogP contribution is -2.27. The van der Waals surface area contributed by atoms with E-state index in [2.05, 4.69) is 10.6 Å². The van der Waals surface area contributed by atoms with Gasteiger partial charge in [-0.1, -0.05) is 18.6 Å². The maximum absolute atomic E-state index is 12.1. The highest BCUT2D eigenvalue weighted by Crippen LogP contribution is 2.49. The van der Waals surface area contributed by atoms with E-state index in [0.717, 1.165) is 17.4 Å². The quantitative estimate of drug-likeness (QED) is 0.877. The molecule has 2 fully saturated rings. The minimum absolute atomic E-state index is 0.0909. The standard InChI is InChI=1S/C18H24N2O2/c1-19-18(22)14-5-2-12(3-6-14)11-20-17(21)10-16-9-13-4-7-15(16)8-13/h2-3,5-6,13,15-16H,4,7-11H2,1H3,(H,19,22)(H,20,21). The Hall–Kier alpha value is -1.84. The number of carbonyl (C=O) groups is 2. The SMILES string of the molecule is CNC(=O)c1ccc(CNC(=O)CC2CC3CCC2C3)cc1. The Morgan fingerprint density at radius 1 is 1.14 bits per heavy atom. The zero-order valence-electron chi connectivity index (χ0n) is 13.1. The first-order valence-electron chi connectivity index (χ1n) is 8.23. The van der Waals surface area contributed by atoms with Gasteiger partial charge in [-0.3, -0.25) is 9.59 Å². The summed E-state index contributed by atoms with van der Waals surface area (Å²) in [4.78, 5) is 23.6. The lowest BCUT2D eigenvalue weighted by atomic mass is 9.86. The number of benzene rings is 1. The number of amides is 2. The van der Waals surface area contributed by atoms with Crippen LogP contribution in [0.15, 0.2) is 24.3 Å². The van der Waals surface area contributed by atoms with E-state index in [1.165, 1.54) is 25.7 Å². The Labute approximate surface area is 131 Å². The van der Waals surface area contributed by atoms with Crippen LogP contribution in [0, 0.1) is 17.8 Å². The molecular weight excluding hydrogens is 276 g/mol. The minimum atomic E-state index is -0.0909. The van der Waals surface area contributed by atoms with E-state index < -0.39 is 0 Å². The molecule has 4 nitrogen and oxygen atoms in total. The molecule has 0 aromatic heterocycles. The monoisotopic (exact) mass is 300 g/mol. The van der Waals surface area contributed by atoms with Crippen LogP contribution in [-0.4, -0.2) is 18.9 Å². The van der Waals surface area contributed by atoms with Gasteiger partial charge in [0.25, 0.3) is 5.91 Å². The molecule has 3 rings (SSSR count). The second-order valence-corrected chi connectivity index (χ2v) is 6.69. The van der Waals surface area contributed by atoms with Crippen molar-refractivity contribution in [1.29, 1.82) is 0 Å². The van der Waals surface area contributed by atoms with E-state index in [1.807, 2.05) is 12.1 Å². The number of nitrogens with one attached hydrogen (secondary N) is 2. The first-order chi connectivity index (χ1) is 10.7. The molecule has 3 unspecified atom stereocenters. The lowest BCUT2D eigenvalue weighted by molar-refractivity contribution is -0.122. The Bertz CT molecular complexity index is 553. The van der Waals surface area contributed by atoms with Crippen LogP contribution < -0.4 is 10.6 Å². The summed E-state index contributed by atoms with van der Waals surface area (Å²) in [5.74, 6) is 2.36. The van der Waals surface area contributed by atoms with E-state index in [0.29, 0.717) is 24.4 Å². The molecule has 2 amide bonds. The van der Waals surface area contributed by atoms with Crippen molar-refractivity contribution in [2.75, 3.05) is 7.05 Å². The van der Waals surface area contributed by atoms with Crippen molar-refractivity contribution in [2.24, 2.45) is 17.8 Å². The molecule has 0 radical (unpaired) electrons. The van der Waals surface area contributed by atoms with E-state index in [1.54, 1.807) is 19.2 Å². The zero-order chi connectivity index (χ0) is 15.5. The van der Waals surface area contributed by atoms with Gasteiger partial charge in [-0.05, 0) is 54.7 Å². The Balaban J connectivity index is 1.45. The van der Waals surface area contributed by atoms with Crippen LogP contribution in [0.1, 0.15) is 48.0 Å². The molecule has 3 atom stereocenters. The molecule has 2 aliphatic carbocycles. The predicted molar refractivity (Wildman–Crippen MR) is 85.2 cm³/mol. The second-order valence-electron chi connectivity index (χ2n) is 6.69. The van der Waals surface area contributed by atoms with Gasteiger partial charge in [0.05, 0.1) is 0 Å². The van der Waals surface area contributed by atoms with Gasteiger partial charge in [0.2, 0.25) is 5.91 Å². The molecule has 2 saturated carbocycles.